The summed E-state index contributed by atoms with van der Waals surface area (Å²) in [6.07, 6.45) is 0. The normalized spacial score (nSPS) is 11.7. The van der Waals surface area contributed by atoms with Crippen molar-refractivity contribution in [3.05, 3.63) is 76.1 Å². The Bertz CT molecular complexity index is 1210. The van der Waals surface area contributed by atoms with Gasteiger partial charge in [-0.1, -0.05) is 0 Å². The minimum Gasteiger partial charge on any atom is -0.276 e. The zero-order valence-electron chi connectivity index (χ0n) is 15.4. The van der Waals surface area contributed by atoms with Crippen LogP contribution in [-0.4, -0.2) is 18.2 Å². The summed E-state index contributed by atoms with van der Waals surface area (Å²) >= 11 is 0. The summed E-state index contributed by atoms with van der Waals surface area (Å²) in [5.41, 5.74) is -1.03. The summed E-state index contributed by atoms with van der Waals surface area (Å²) in [4.78, 5) is -0.254. The molecule has 5 nitrogen and oxygen atoms in total. The molecule has 1 heterocycles. The Labute approximate surface area is 167 Å². The predicted octanol–water partition coefficient (Wildman–Crippen LogP) is 4.18. The fourth-order valence-corrected chi connectivity index (χ4v) is 3.92. The van der Waals surface area contributed by atoms with E-state index in [1.165, 1.54) is 13.8 Å². The number of rotatable bonds is 5. The molecule has 1 aromatic heterocycles. The van der Waals surface area contributed by atoms with Gasteiger partial charge in [-0.05, 0) is 38.1 Å². The molecule has 0 unspecified atom stereocenters. The fourth-order valence-electron chi connectivity index (χ4n) is 2.74. The van der Waals surface area contributed by atoms with Crippen molar-refractivity contribution in [1.29, 1.82) is 0 Å². The number of aromatic nitrogens is 2. The van der Waals surface area contributed by atoms with Gasteiger partial charge in [0.05, 0.1) is 34.1 Å². The van der Waals surface area contributed by atoms with Gasteiger partial charge < -0.3 is 0 Å². The molecular weight excluding hydrogens is 436 g/mol. The molecule has 0 bridgehead atoms. The van der Waals surface area contributed by atoms with Gasteiger partial charge in [0.2, 0.25) is 5.82 Å². The van der Waals surface area contributed by atoms with Crippen molar-refractivity contribution in [2.45, 2.75) is 25.3 Å². The zero-order valence-corrected chi connectivity index (χ0v) is 16.2. The predicted molar refractivity (Wildman–Crippen MR) is 94.2 cm³/mol. The van der Waals surface area contributed by atoms with E-state index in [-0.39, 0.29) is 22.0 Å². The molecule has 2 aromatic carbocycles. The van der Waals surface area contributed by atoms with Crippen molar-refractivity contribution in [2.24, 2.45) is 0 Å². The lowest BCUT2D eigenvalue weighted by Crippen LogP contribution is -2.15. The van der Waals surface area contributed by atoms with Gasteiger partial charge in [-0.25, -0.2) is 34.8 Å². The van der Waals surface area contributed by atoms with Crippen LogP contribution >= 0.6 is 0 Å². The van der Waals surface area contributed by atoms with E-state index in [4.69, 9.17) is 0 Å². The number of nitrogens with zero attached hydrogens (tertiary/aromatic N) is 2. The van der Waals surface area contributed by atoms with Crippen LogP contribution in [0.1, 0.15) is 17.0 Å². The molecule has 0 aliphatic rings. The maximum Gasteiger partial charge on any atom is 0.262 e. The van der Waals surface area contributed by atoms with Crippen LogP contribution in [0, 0.1) is 48.8 Å². The first-order valence-electron chi connectivity index (χ1n) is 8.26. The topological polar surface area (TPSA) is 64.0 Å². The van der Waals surface area contributed by atoms with Crippen LogP contribution in [-0.2, 0) is 16.6 Å². The van der Waals surface area contributed by atoms with Gasteiger partial charge in [-0.15, -0.1) is 0 Å². The monoisotopic (exact) mass is 449 g/mol. The van der Waals surface area contributed by atoms with E-state index in [0.717, 1.165) is 28.9 Å². The summed E-state index contributed by atoms with van der Waals surface area (Å²) in [5, 5.41) is 3.92. The molecule has 3 aromatic rings. The number of hydrogen-bond donors (Lipinski definition) is 1. The lowest BCUT2D eigenvalue weighted by Gasteiger charge is -2.11. The highest BCUT2D eigenvalue weighted by Crippen LogP contribution is 2.27. The average molecular weight is 449 g/mol. The van der Waals surface area contributed by atoms with E-state index in [9.17, 15) is 34.8 Å². The van der Waals surface area contributed by atoms with Gasteiger partial charge in [-0.2, -0.15) is 5.10 Å². The quantitative estimate of drug-likeness (QED) is 0.361. The number of sulfonamides is 1. The smallest absolute Gasteiger partial charge is 0.262 e. The lowest BCUT2D eigenvalue weighted by atomic mass is 10.1. The van der Waals surface area contributed by atoms with E-state index in [1.807, 2.05) is 0 Å². The van der Waals surface area contributed by atoms with Gasteiger partial charge in [0.15, 0.2) is 23.3 Å². The molecule has 160 valence electrons. The Hall–Kier alpha value is -3.02. The first-order chi connectivity index (χ1) is 13.9. The molecule has 0 radical (unpaired) electrons. The van der Waals surface area contributed by atoms with Crippen molar-refractivity contribution < 1.29 is 34.8 Å². The Morgan fingerprint density at radius 2 is 1.37 bits per heavy atom. The molecule has 12 heteroatoms. The molecule has 30 heavy (non-hydrogen) atoms. The van der Waals surface area contributed by atoms with Crippen molar-refractivity contribution in [1.82, 2.24) is 9.78 Å². The van der Waals surface area contributed by atoms with Crippen LogP contribution < -0.4 is 4.72 Å². The third-order valence-electron chi connectivity index (χ3n) is 4.35. The third-order valence-corrected chi connectivity index (χ3v) is 5.72. The van der Waals surface area contributed by atoms with E-state index in [0.29, 0.717) is 0 Å². The summed E-state index contributed by atoms with van der Waals surface area (Å²) < 4.78 is 109. The molecule has 0 aliphatic carbocycles. The Morgan fingerprint density at radius 1 is 0.867 bits per heavy atom. The maximum atomic E-state index is 13.9. The third kappa shape index (κ3) is 3.74. The Kier molecular flexibility index (Phi) is 5.54. The highest BCUT2D eigenvalue weighted by Gasteiger charge is 2.27. The lowest BCUT2D eigenvalue weighted by molar-refractivity contribution is 0.366. The molecule has 0 aliphatic heterocycles. The molecular formula is C18H13F6N3O2S. The summed E-state index contributed by atoms with van der Waals surface area (Å²) in [5.74, 6) is -11.1. The number of anilines is 1. The number of benzene rings is 2. The van der Waals surface area contributed by atoms with Crippen LogP contribution in [0.25, 0.3) is 0 Å². The number of halogens is 6. The van der Waals surface area contributed by atoms with E-state index < -0.39 is 57.0 Å². The first-order valence-corrected chi connectivity index (χ1v) is 9.75. The zero-order chi connectivity index (χ0) is 22.4. The van der Waals surface area contributed by atoms with Gasteiger partial charge >= 0.3 is 0 Å². The highest BCUT2D eigenvalue weighted by atomic mass is 32.2. The van der Waals surface area contributed by atoms with Gasteiger partial charge in [0, 0.05) is 0 Å². The first kappa shape index (κ1) is 21.7. The summed E-state index contributed by atoms with van der Waals surface area (Å²) in [7, 11) is -4.16. The van der Waals surface area contributed by atoms with Crippen molar-refractivity contribution in [2.75, 3.05) is 4.72 Å². The Morgan fingerprint density at radius 3 is 1.90 bits per heavy atom. The molecule has 3 rings (SSSR count). The molecule has 1 N–H and O–H groups in total. The molecule has 0 atom stereocenters. The average Bonchev–Trinajstić information content (AvgIpc) is 2.95. The summed E-state index contributed by atoms with van der Waals surface area (Å²) in [6, 6.07) is 3.95. The second-order valence-corrected chi connectivity index (χ2v) is 7.99. The van der Waals surface area contributed by atoms with E-state index in [2.05, 4.69) is 9.82 Å². The summed E-state index contributed by atoms with van der Waals surface area (Å²) in [6.45, 7) is 1.88. The maximum absolute atomic E-state index is 13.9. The number of nitrogens with one attached hydrogen (secondary N) is 1. The van der Waals surface area contributed by atoms with Crippen LogP contribution in [0.2, 0.25) is 0 Å². The second kappa shape index (κ2) is 7.67. The molecule has 0 amide bonds. The SMILES string of the molecule is Cc1nn(Cc2c(F)c(F)c(F)c(F)c2F)c(C)c1NS(=O)(=O)c1ccc(F)cc1. The largest absolute Gasteiger partial charge is 0.276 e. The minimum atomic E-state index is -4.16. The highest BCUT2D eigenvalue weighted by molar-refractivity contribution is 7.92. The fraction of sp³-hybridized carbons (Fsp3) is 0.167. The standard InChI is InChI=1S/C18H13F6N3O2S/c1-8-18(26-30(28,29)11-5-3-10(19)4-6-11)9(2)27(25-8)7-12-13(20)15(22)17(24)16(23)14(12)21/h3-6,26H,7H2,1-2H3. The number of aryl methyl sites for hydroxylation is 1. The number of hydrogen-bond acceptors (Lipinski definition) is 3. The second-order valence-electron chi connectivity index (χ2n) is 6.31. The molecule has 0 saturated carbocycles. The van der Waals surface area contributed by atoms with Gasteiger partial charge in [-0.3, -0.25) is 9.40 Å². The van der Waals surface area contributed by atoms with Crippen LogP contribution in [0.15, 0.2) is 29.2 Å². The van der Waals surface area contributed by atoms with Crippen molar-refractivity contribution in [3.63, 3.8) is 0 Å². The Balaban J connectivity index is 1.99. The minimum absolute atomic E-state index is 0.0526. The van der Waals surface area contributed by atoms with E-state index in [1.54, 1.807) is 0 Å². The van der Waals surface area contributed by atoms with Crippen molar-refractivity contribution in [3.8, 4) is 0 Å². The van der Waals surface area contributed by atoms with Crippen molar-refractivity contribution >= 4 is 15.7 Å². The van der Waals surface area contributed by atoms with Crippen LogP contribution in [0.4, 0.5) is 32.0 Å². The molecule has 0 spiro atoms. The van der Waals surface area contributed by atoms with Gasteiger partial charge in [0.25, 0.3) is 10.0 Å². The van der Waals surface area contributed by atoms with Gasteiger partial charge in [0.1, 0.15) is 5.82 Å². The van der Waals surface area contributed by atoms with Crippen LogP contribution in [0.5, 0.6) is 0 Å². The van der Waals surface area contributed by atoms with E-state index >= 15 is 0 Å². The molecule has 0 fully saturated rings. The van der Waals surface area contributed by atoms with Crippen LogP contribution in [0.3, 0.4) is 0 Å². The molecule has 0 saturated heterocycles.